The standard InChI is InChI=1S/C6H5BrN2OS/c7-4-3-5-9(1-2-11-5)6(10)8-4/h3H,1-2H2. The van der Waals surface area contributed by atoms with Gasteiger partial charge in [0.1, 0.15) is 4.60 Å². The van der Waals surface area contributed by atoms with Gasteiger partial charge in [-0.25, -0.2) is 4.79 Å². The summed E-state index contributed by atoms with van der Waals surface area (Å²) in [5.41, 5.74) is -0.153. The third-order valence-electron chi connectivity index (χ3n) is 1.51. The first-order valence-corrected chi connectivity index (χ1v) is 4.95. The maximum Gasteiger partial charge on any atom is 0.349 e. The molecule has 1 aliphatic heterocycles. The third kappa shape index (κ3) is 1.22. The van der Waals surface area contributed by atoms with Gasteiger partial charge < -0.3 is 0 Å². The van der Waals surface area contributed by atoms with Gasteiger partial charge in [-0.3, -0.25) is 4.57 Å². The van der Waals surface area contributed by atoms with Crippen LogP contribution in [0.25, 0.3) is 0 Å². The summed E-state index contributed by atoms with van der Waals surface area (Å²) in [6.07, 6.45) is 0. The van der Waals surface area contributed by atoms with Crippen molar-refractivity contribution in [1.82, 2.24) is 9.55 Å². The van der Waals surface area contributed by atoms with Gasteiger partial charge in [0.2, 0.25) is 0 Å². The van der Waals surface area contributed by atoms with Crippen LogP contribution in [-0.4, -0.2) is 15.3 Å². The molecule has 58 valence electrons. The first-order valence-electron chi connectivity index (χ1n) is 3.17. The lowest BCUT2D eigenvalue weighted by molar-refractivity contribution is 0.661. The molecule has 0 spiro atoms. The number of rotatable bonds is 0. The monoisotopic (exact) mass is 232 g/mol. The Hall–Kier alpha value is -0.290. The molecule has 0 atom stereocenters. The summed E-state index contributed by atoms with van der Waals surface area (Å²) in [4.78, 5) is 14.9. The molecule has 0 bridgehead atoms. The first-order chi connectivity index (χ1) is 5.27. The molecule has 1 aliphatic rings. The molecule has 3 nitrogen and oxygen atoms in total. The normalized spacial score (nSPS) is 15.0. The van der Waals surface area contributed by atoms with Crippen LogP contribution in [0.3, 0.4) is 0 Å². The van der Waals surface area contributed by atoms with Crippen LogP contribution in [0.1, 0.15) is 0 Å². The van der Waals surface area contributed by atoms with Crippen LogP contribution in [0.15, 0.2) is 20.5 Å². The Bertz CT molecular complexity index is 349. The van der Waals surface area contributed by atoms with E-state index in [-0.39, 0.29) is 5.69 Å². The van der Waals surface area contributed by atoms with Crippen molar-refractivity contribution in [2.45, 2.75) is 11.6 Å². The Morgan fingerprint density at radius 2 is 2.55 bits per heavy atom. The molecule has 0 aliphatic carbocycles. The summed E-state index contributed by atoms with van der Waals surface area (Å²) in [7, 11) is 0. The summed E-state index contributed by atoms with van der Waals surface area (Å²) >= 11 is 4.87. The van der Waals surface area contributed by atoms with Crippen LogP contribution in [0.4, 0.5) is 0 Å². The Balaban J connectivity index is 2.70. The number of halogens is 1. The second-order valence-corrected chi connectivity index (χ2v) is 4.13. The highest BCUT2D eigenvalue weighted by Gasteiger charge is 2.12. The predicted molar refractivity (Wildman–Crippen MR) is 46.9 cm³/mol. The van der Waals surface area contributed by atoms with E-state index in [1.165, 1.54) is 0 Å². The van der Waals surface area contributed by atoms with Crippen molar-refractivity contribution in [2.75, 3.05) is 5.75 Å². The van der Waals surface area contributed by atoms with Crippen LogP contribution < -0.4 is 5.69 Å². The average Bonchev–Trinajstić information content (AvgIpc) is 2.34. The van der Waals surface area contributed by atoms with Gasteiger partial charge in [0.25, 0.3) is 0 Å². The fourth-order valence-electron chi connectivity index (χ4n) is 1.02. The van der Waals surface area contributed by atoms with Crippen molar-refractivity contribution < 1.29 is 0 Å². The maximum atomic E-state index is 11.1. The average molecular weight is 233 g/mol. The fraction of sp³-hybridized carbons (Fsp3) is 0.333. The molecule has 0 unspecified atom stereocenters. The van der Waals surface area contributed by atoms with Gasteiger partial charge in [0.15, 0.2) is 0 Å². The van der Waals surface area contributed by atoms with Gasteiger partial charge in [0, 0.05) is 18.4 Å². The molecule has 0 saturated heterocycles. The molecular formula is C6H5BrN2OS. The lowest BCUT2D eigenvalue weighted by Crippen LogP contribution is -2.21. The lowest BCUT2D eigenvalue weighted by Gasteiger charge is -1.98. The van der Waals surface area contributed by atoms with E-state index in [2.05, 4.69) is 20.9 Å². The summed E-state index contributed by atoms with van der Waals surface area (Å²) in [6.45, 7) is 0.791. The molecule has 1 aromatic rings. The fourth-order valence-corrected chi connectivity index (χ4v) is 2.55. The topological polar surface area (TPSA) is 34.9 Å². The minimum Gasteiger partial charge on any atom is -0.286 e. The van der Waals surface area contributed by atoms with Gasteiger partial charge in [0.05, 0.1) is 5.03 Å². The van der Waals surface area contributed by atoms with Crippen LogP contribution in [0.2, 0.25) is 0 Å². The summed E-state index contributed by atoms with van der Waals surface area (Å²) < 4.78 is 2.32. The minimum atomic E-state index is -0.153. The van der Waals surface area contributed by atoms with Crippen molar-refractivity contribution in [3.63, 3.8) is 0 Å². The molecule has 5 heteroatoms. The highest BCUT2D eigenvalue weighted by molar-refractivity contribution is 9.10. The molecular weight excluding hydrogens is 228 g/mol. The van der Waals surface area contributed by atoms with Crippen molar-refractivity contribution in [3.05, 3.63) is 21.2 Å². The number of hydrogen-bond acceptors (Lipinski definition) is 3. The zero-order chi connectivity index (χ0) is 7.84. The van der Waals surface area contributed by atoms with Crippen LogP contribution in [0, 0.1) is 0 Å². The Morgan fingerprint density at radius 3 is 3.36 bits per heavy atom. The van der Waals surface area contributed by atoms with Gasteiger partial charge >= 0.3 is 5.69 Å². The maximum absolute atomic E-state index is 11.1. The summed E-state index contributed by atoms with van der Waals surface area (Å²) in [5, 5.41) is 1.01. The number of fused-ring (bicyclic) bond motifs is 1. The minimum absolute atomic E-state index is 0.153. The van der Waals surface area contributed by atoms with Crippen LogP contribution in [-0.2, 0) is 6.54 Å². The van der Waals surface area contributed by atoms with E-state index in [1.54, 1.807) is 16.3 Å². The predicted octanol–water partition coefficient (Wildman–Crippen LogP) is 1.11. The Morgan fingerprint density at radius 1 is 1.73 bits per heavy atom. The molecule has 0 amide bonds. The van der Waals surface area contributed by atoms with E-state index in [1.807, 2.05) is 6.07 Å². The van der Waals surface area contributed by atoms with Gasteiger partial charge in [-0.05, 0) is 15.9 Å². The van der Waals surface area contributed by atoms with Crippen molar-refractivity contribution >= 4 is 27.7 Å². The Labute approximate surface area is 76.0 Å². The zero-order valence-electron chi connectivity index (χ0n) is 5.58. The molecule has 2 rings (SSSR count). The summed E-state index contributed by atoms with van der Waals surface area (Å²) in [5.74, 6) is 0.980. The molecule has 0 radical (unpaired) electrons. The quantitative estimate of drug-likeness (QED) is 0.629. The second-order valence-electron chi connectivity index (χ2n) is 2.20. The number of nitrogens with zero attached hydrogens (tertiary/aromatic N) is 2. The molecule has 0 aromatic carbocycles. The molecule has 0 N–H and O–H groups in total. The molecule has 0 saturated carbocycles. The van der Waals surface area contributed by atoms with Gasteiger partial charge in [-0.15, -0.1) is 11.8 Å². The lowest BCUT2D eigenvalue weighted by atomic mass is 10.6. The molecule has 2 heterocycles. The summed E-state index contributed by atoms with van der Waals surface area (Å²) in [6, 6.07) is 1.87. The van der Waals surface area contributed by atoms with Crippen molar-refractivity contribution in [1.29, 1.82) is 0 Å². The van der Waals surface area contributed by atoms with Crippen molar-refractivity contribution in [3.8, 4) is 0 Å². The van der Waals surface area contributed by atoms with E-state index in [9.17, 15) is 4.79 Å². The van der Waals surface area contributed by atoms with Gasteiger partial charge in [-0.1, -0.05) is 0 Å². The van der Waals surface area contributed by atoms with Crippen molar-refractivity contribution in [2.24, 2.45) is 0 Å². The van der Waals surface area contributed by atoms with E-state index in [4.69, 9.17) is 0 Å². The van der Waals surface area contributed by atoms with E-state index >= 15 is 0 Å². The first kappa shape index (κ1) is 7.36. The zero-order valence-corrected chi connectivity index (χ0v) is 7.98. The van der Waals surface area contributed by atoms with E-state index in [0.29, 0.717) is 4.60 Å². The van der Waals surface area contributed by atoms with Crippen LogP contribution >= 0.6 is 27.7 Å². The molecule has 0 fully saturated rings. The SMILES string of the molecule is O=c1nc(Br)cc2n1CCS2. The highest BCUT2D eigenvalue weighted by Crippen LogP contribution is 2.24. The van der Waals surface area contributed by atoms with Gasteiger partial charge in [-0.2, -0.15) is 4.98 Å². The van der Waals surface area contributed by atoms with Crippen LogP contribution in [0.5, 0.6) is 0 Å². The molecule has 11 heavy (non-hydrogen) atoms. The highest BCUT2D eigenvalue weighted by atomic mass is 79.9. The number of hydrogen-bond donors (Lipinski definition) is 0. The largest absolute Gasteiger partial charge is 0.349 e. The Kier molecular flexibility index (Phi) is 1.77. The second kappa shape index (κ2) is 2.64. The number of aromatic nitrogens is 2. The van der Waals surface area contributed by atoms with E-state index < -0.39 is 0 Å². The number of thioether (sulfide) groups is 1. The molecule has 1 aromatic heterocycles. The van der Waals surface area contributed by atoms with E-state index in [0.717, 1.165) is 17.3 Å². The smallest absolute Gasteiger partial charge is 0.286 e. The third-order valence-corrected chi connectivity index (χ3v) is 2.93.